The van der Waals surface area contributed by atoms with Crippen LogP contribution in [0, 0.1) is 19.3 Å². The summed E-state index contributed by atoms with van der Waals surface area (Å²) >= 11 is 0. The van der Waals surface area contributed by atoms with E-state index in [1.54, 1.807) is 6.26 Å². The summed E-state index contributed by atoms with van der Waals surface area (Å²) in [4.78, 5) is 0. The summed E-state index contributed by atoms with van der Waals surface area (Å²) in [7, 11) is 0. The van der Waals surface area contributed by atoms with Crippen molar-refractivity contribution in [1.29, 1.82) is 0 Å². The van der Waals surface area contributed by atoms with E-state index in [1.807, 2.05) is 6.92 Å². The lowest BCUT2D eigenvalue weighted by molar-refractivity contribution is 0.468. The zero-order chi connectivity index (χ0) is 11.8. The fraction of sp³-hybridized carbons (Fsp3) is 0.571. The van der Waals surface area contributed by atoms with Crippen LogP contribution >= 0.6 is 0 Å². The third-order valence-corrected chi connectivity index (χ3v) is 2.73. The van der Waals surface area contributed by atoms with Crippen molar-refractivity contribution in [1.82, 2.24) is 5.32 Å². The molecule has 1 aromatic rings. The molecule has 1 aromatic heterocycles. The lowest BCUT2D eigenvalue weighted by atomic mass is 10.0. The SMILES string of the molecule is C#CCCCC(NCCC)c1ccoc1C. The molecule has 1 N–H and O–H groups in total. The molecule has 0 fully saturated rings. The molecule has 2 heteroatoms. The third kappa shape index (κ3) is 3.75. The molecule has 1 unspecified atom stereocenters. The minimum atomic E-state index is 0.382. The average molecular weight is 219 g/mol. The number of nitrogens with one attached hydrogen (secondary N) is 1. The van der Waals surface area contributed by atoms with Gasteiger partial charge in [0.2, 0.25) is 0 Å². The standard InChI is InChI=1S/C14H21NO/c1-4-6-7-8-14(15-10-5-2)13-9-11-16-12(13)3/h1,9,11,14-15H,5-8,10H2,2-3H3. The van der Waals surface area contributed by atoms with Gasteiger partial charge in [-0.25, -0.2) is 0 Å². The monoisotopic (exact) mass is 219 g/mol. The molecule has 1 atom stereocenters. The van der Waals surface area contributed by atoms with Gasteiger partial charge in [0.1, 0.15) is 5.76 Å². The maximum Gasteiger partial charge on any atom is 0.105 e. The third-order valence-electron chi connectivity index (χ3n) is 2.73. The highest BCUT2D eigenvalue weighted by atomic mass is 16.3. The second-order valence-electron chi connectivity index (χ2n) is 4.04. The van der Waals surface area contributed by atoms with Crippen molar-refractivity contribution in [2.24, 2.45) is 0 Å². The maximum absolute atomic E-state index is 5.35. The second kappa shape index (κ2) is 7.14. The van der Waals surface area contributed by atoms with Gasteiger partial charge >= 0.3 is 0 Å². The van der Waals surface area contributed by atoms with Crippen molar-refractivity contribution in [3.8, 4) is 12.3 Å². The molecule has 0 spiro atoms. The molecule has 0 aliphatic heterocycles. The van der Waals surface area contributed by atoms with Gasteiger partial charge in [-0.05, 0) is 38.8 Å². The summed E-state index contributed by atoms with van der Waals surface area (Å²) in [5, 5.41) is 3.54. The Bertz CT molecular complexity index is 335. The molecule has 1 rings (SSSR count). The molecular weight excluding hydrogens is 198 g/mol. The first-order valence-electron chi connectivity index (χ1n) is 6.00. The fourth-order valence-electron chi connectivity index (χ4n) is 1.85. The maximum atomic E-state index is 5.35. The van der Waals surface area contributed by atoms with Crippen LogP contribution in [0.25, 0.3) is 0 Å². The molecule has 0 radical (unpaired) electrons. The quantitative estimate of drug-likeness (QED) is 0.561. The predicted octanol–water partition coefficient (Wildman–Crippen LogP) is 3.43. The predicted molar refractivity (Wildman–Crippen MR) is 67.2 cm³/mol. The van der Waals surface area contributed by atoms with E-state index < -0.39 is 0 Å². The number of furan rings is 1. The van der Waals surface area contributed by atoms with Gasteiger partial charge in [0.15, 0.2) is 0 Å². The van der Waals surface area contributed by atoms with E-state index in [9.17, 15) is 0 Å². The Morgan fingerprint density at radius 3 is 2.94 bits per heavy atom. The van der Waals surface area contributed by atoms with Crippen molar-refractivity contribution >= 4 is 0 Å². The van der Waals surface area contributed by atoms with Crippen LogP contribution in [-0.4, -0.2) is 6.54 Å². The Labute approximate surface area is 98.4 Å². The zero-order valence-electron chi connectivity index (χ0n) is 10.3. The van der Waals surface area contributed by atoms with Crippen LogP contribution in [0.3, 0.4) is 0 Å². The van der Waals surface area contributed by atoms with Crippen molar-refractivity contribution < 1.29 is 4.42 Å². The fourth-order valence-corrected chi connectivity index (χ4v) is 1.85. The van der Waals surface area contributed by atoms with Gasteiger partial charge in [0, 0.05) is 18.0 Å². The molecule has 0 saturated carbocycles. The highest BCUT2D eigenvalue weighted by molar-refractivity contribution is 5.20. The highest BCUT2D eigenvalue weighted by Gasteiger charge is 2.14. The second-order valence-corrected chi connectivity index (χ2v) is 4.04. The highest BCUT2D eigenvalue weighted by Crippen LogP contribution is 2.23. The van der Waals surface area contributed by atoms with Crippen molar-refractivity contribution in [2.45, 2.75) is 45.6 Å². The Hall–Kier alpha value is -1.20. The minimum Gasteiger partial charge on any atom is -0.469 e. The summed E-state index contributed by atoms with van der Waals surface area (Å²) in [6.07, 6.45) is 11.2. The van der Waals surface area contributed by atoms with Crippen molar-refractivity contribution in [3.63, 3.8) is 0 Å². The summed E-state index contributed by atoms with van der Waals surface area (Å²) in [6, 6.07) is 2.44. The van der Waals surface area contributed by atoms with Crippen LogP contribution in [0.2, 0.25) is 0 Å². The van der Waals surface area contributed by atoms with Gasteiger partial charge in [0.25, 0.3) is 0 Å². The molecule has 0 amide bonds. The summed E-state index contributed by atoms with van der Waals surface area (Å²) in [5.74, 6) is 3.70. The van der Waals surface area contributed by atoms with Crippen LogP contribution in [-0.2, 0) is 0 Å². The molecule has 2 nitrogen and oxygen atoms in total. The molecule has 0 saturated heterocycles. The van der Waals surface area contributed by atoms with E-state index in [2.05, 4.69) is 24.2 Å². The lowest BCUT2D eigenvalue weighted by Gasteiger charge is -2.17. The molecule has 88 valence electrons. The number of rotatable bonds is 7. The molecule has 0 aliphatic rings. The minimum absolute atomic E-state index is 0.382. The topological polar surface area (TPSA) is 25.2 Å². The van der Waals surface area contributed by atoms with Crippen LogP contribution in [0.4, 0.5) is 0 Å². The Balaban J connectivity index is 2.57. The van der Waals surface area contributed by atoms with Gasteiger partial charge in [-0.2, -0.15) is 0 Å². The van der Waals surface area contributed by atoms with Gasteiger partial charge in [-0.3, -0.25) is 0 Å². The number of terminal acetylenes is 1. The Morgan fingerprint density at radius 1 is 1.56 bits per heavy atom. The van der Waals surface area contributed by atoms with E-state index in [-0.39, 0.29) is 0 Å². The molecule has 0 aliphatic carbocycles. The van der Waals surface area contributed by atoms with Gasteiger partial charge in [-0.15, -0.1) is 12.3 Å². The largest absolute Gasteiger partial charge is 0.469 e. The van der Waals surface area contributed by atoms with Crippen LogP contribution < -0.4 is 5.32 Å². The first-order valence-corrected chi connectivity index (χ1v) is 6.00. The Kier molecular flexibility index (Phi) is 5.74. The molecule has 0 bridgehead atoms. The van der Waals surface area contributed by atoms with Crippen LogP contribution in [0.5, 0.6) is 0 Å². The van der Waals surface area contributed by atoms with Crippen molar-refractivity contribution in [2.75, 3.05) is 6.54 Å². The first-order chi connectivity index (χ1) is 7.79. The normalized spacial score (nSPS) is 12.3. The van der Waals surface area contributed by atoms with E-state index in [4.69, 9.17) is 10.8 Å². The van der Waals surface area contributed by atoms with E-state index in [1.165, 1.54) is 5.56 Å². The van der Waals surface area contributed by atoms with E-state index in [0.29, 0.717) is 6.04 Å². The van der Waals surface area contributed by atoms with Crippen molar-refractivity contribution in [3.05, 3.63) is 23.7 Å². The molecule has 0 aromatic carbocycles. The summed E-state index contributed by atoms with van der Waals surface area (Å²) in [6.45, 7) is 5.22. The smallest absolute Gasteiger partial charge is 0.105 e. The summed E-state index contributed by atoms with van der Waals surface area (Å²) in [5.41, 5.74) is 1.27. The molecule has 1 heterocycles. The number of unbranched alkanes of at least 4 members (excludes halogenated alkanes) is 1. The number of aryl methyl sites for hydroxylation is 1. The molecular formula is C14H21NO. The lowest BCUT2D eigenvalue weighted by Crippen LogP contribution is -2.22. The zero-order valence-corrected chi connectivity index (χ0v) is 10.3. The van der Waals surface area contributed by atoms with Crippen LogP contribution in [0.1, 0.15) is 50.0 Å². The van der Waals surface area contributed by atoms with E-state index >= 15 is 0 Å². The number of hydrogen-bond acceptors (Lipinski definition) is 2. The number of hydrogen-bond donors (Lipinski definition) is 1. The van der Waals surface area contributed by atoms with Gasteiger partial charge in [-0.1, -0.05) is 6.92 Å². The molecule has 16 heavy (non-hydrogen) atoms. The van der Waals surface area contributed by atoms with E-state index in [0.717, 1.165) is 38.0 Å². The average Bonchev–Trinajstić information content (AvgIpc) is 2.70. The van der Waals surface area contributed by atoms with Gasteiger partial charge < -0.3 is 9.73 Å². The van der Waals surface area contributed by atoms with Gasteiger partial charge in [0.05, 0.1) is 6.26 Å². The summed E-state index contributed by atoms with van der Waals surface area (Å²) < 4.78 is 5.35. The first kappa shape index (κ1) is 12.9. The Morgan fingerprint density at radius 2 is 2.38 bits per heavy atom. The van der Waals surface area contributed by atoms with Crippen LogP contribution in [0.15, 0.2) is 16.7 Å².